The molecular weight excluding hydrogens is 130 g/mol. The Morgan fingerprint density at radius 2 is 2.11 bits per heavy atom. The van der Waals surface area contributed by atoms with E-state index in [-0.39, 0.29) is 0 Å². The van der Waals surface area contributed by atoms with Gasteiger partial charge in [0.15, 0.2) is 0 Å². The summed E-state index contributed by atoms with van der Waals surface area (Å²) < 4.78 is 0. The van der Waals surface area contributed by atoms with E-state index in [9.17, 15) is 0 Å². The Hall–Kier alpha value is 0.310. The second-order valence-corrected chi connectivity index (χ2v) is 3.76. The molecule has 9 heavy (non-hydrogen) atoms. The third kappa shape index (κ3) is 8.31. The van der Waals surface area contributed by atoms with Crippen LogP contribution < -0.4 is 5.73 Å². The molecule has 1 nitrogen and oxygen atoms in total. The molecule has 0 aliphatic heterocycles. The van der Waals surface area contributed by atoms with E-state index in [2.05, 4.69) is 13.8 Å². The fraction of sp³-hybridized carbons (Fsp3) is 1.00. The van der Waals surface area contributed by atoms with Crippen LogP contribution in [-0.2, 0) is 0 Å². The van der Waals surface area contributed by atoms with Gasteiger partial charge in [0.05, 0.1) is 0 Å². The SMILES string of the molecule is CC(C)CSCCCN. The van der Waals surface area contributed by atoms with Gasteiger partial charge in [-0.2, -0.15) is 11.8 Å². The quantitative estimate of drug-likeness (QED) is 0.599. The number of nitrogens with two attached hydrogens (primary N) is 1. The standard InChI is InChI=1S/C7H17NS/c1-7(2)6-9-5-3-4-8/h7H,3-6,8H2,1-2H3. The minimum atomic E-state index is 0.827. The van der Waals surface area contributed by atoms with E-state index in [1.165, 1.54) is 11.5 Å². The van der Waals surface area contributed by atoms with Crippen LogP contribution in [0.1, 0.15) is 20.3 Å². The van der Waals surface area contributed by atoms with Crippen LogP contribution in [0, 0.1) is 5.92 Å². The largest absolute Gasteiger partial charge is 0.330 e. The molecule has 0 aliphatic carbocycles. The molecule has 0 amide bonds. The van der Waals surface area contributed by atoms with E-state index in [1.54, 1.807) is 0 Å². The fourth-order valence-corrected chi connectivity index (χ4v) is 1.51. The van der Waals surface area contributed by atoms with Crippen LogP contribution >= 0.6 is 11.8 Å². The van der Waals surface area contributed by atoms with Gasteiger partial charge in [-0.15, -0.1) is 0 Å². The maximum absolute atomic E-state index is 5.33. The van der Waals surface area contributed by atoms with Crippen LogP contribution in [0.2, 0.25) is 0 Å². The van der Waals surface area contributed by atoms with Crippen molar-refractivity contribution in [2.75, 3.05) is 18.1 Å². The first-order chi connectivity index (χ1) is 4.27. The lowest BCUT2D eigenvalue weighted by Gasteiger charge is -2.01. The third-order valence-electron chi connectivity index (χ3n) is 0.944. The van der Waals surface area contributed by atoms with Gasteiger partial charge in [0.2, 0.25) is 0 Å². The van der Waals surface area contributed by atoms with E-state index in [4.69, 9.17) is 5.73 Å². The Balaban J connectivity index is 2.75. The van der Waals surface area contributed by atoms with Gasteiger partial charge in [0, 0.05) is 0 Å². The van der Waals surface area contributed by atoms with Crippen molar-refractivity contribution in [3.8, 4) is 0 Å². The van der Waals surface area contributed by atoms with Crippen LogP contribution in [-0.4, -0.2) is 18.1 Å². The molecule has 0 aromatic carbocycles. The van der Waals surface area contributed by atoms with Gasteiger partial charge in [-0.1, -0.05) is 13.8 Å². The molecular formula is C7H17NS. The predicted octanol–water partition coefficient (Wildman–Crippen LogP) is 1.72. The summed E-state index contributed by atoms with van der Waals surface area (Å²) in [6.07, 6.45) is 1.16. The Bertz CT molecular complexity index is 54.9. The summed E-state index contributed by atoms with van der Waals surface area (Å²) in [7, 11) is 0. The zero-order valence-electron chi connectivity index (χ0n) is 6.39. The van der Waals surface area contributed by atoms with Gasteiger partial charge in [-0.3, -0.25) is 0 Å². The van der Waals surface area contributed by atoms with Gasteiger partial charge in [-0.25, -0.2) is 0 Å². The molecule has 0 aliphatic rings. The van der Waals surface area contributed by atoms with Crippen LogP contribution in [0.15, 0.2) is 0 Å². The predicted molar refractivity (Wildman–Crippen MR) is 45.8 cm³/mol. The maximum atomic E-state index is 5.33. The second-order valence-electron chi connectivity index (χ2n) is 2.61. The second kappa shape index (κ2) is 6.43. The summed E-state index contributed by atoms with van der Waals surface area (Å²) in [5, 5.41) is 0. The first-order valence-corrected chi connectivity index (χ1v) is 4.70. The van der Waals surface area contributed by atoms with Crippen LogP contribution in [0.4, 0.5) is 0 Å². The Kier molecular flexibility index (Phi) is 6.65. The summed E-state index contributed by atoms with van der Waals surface area (Å²) in [6.45, 7) is 5.33. The average molecular weight is 147 g/mol. The molecule has 2 N–H and O–H groups in total. The Morgan fingerprint density at radius 3 is 2.56 bits per heavy atom. The summed E-state index contributed by atoms with van der Waals surface area (Å²) in [6, 6.07) is 0. The third-order valence-corrected chi connectivity index (χ3v) is 2.42. The molecule has 2 heteroatoms. The average Bonchev–Trinajstić information content (AvgIpc) is 1.80. The minimum Gasteiger partial charge on any atom is -0.330 e. The zero-order chi connectivity index (χ0) is 7.11. The van der Waals surface area contributed by atoms with Crippen molar-refractivity contribution in [2.24, 2.45) is 11.7 Å². The molecule has 0 aromatic heterocycles. The Labute approximate surface area is 62.4 Å². The first-order valence-electron chi connectivity index (χ1n) is 3.55. The van der Waals surface area contributed by atoms with E-state index < -0.39 is 0 Å². The highest BCUT2D eigenvalue weighted by molar-refractivity contribution is 7.99. The van der Waals surface area contributed by atoms with Crippen molar-refractivity contribution in [3.05, 3.63) is 0 Å². The summed E-state index contributed by atoms with van der Waals surface area (Å²) >= 11 is 2.01. The summed E-state index contributed by atoms with van der Waals surface area (Å²) in [5.41, 5.74) is 5.33. The molecule has 0 heterocycles. The molecule has 0 spiro atoms. The smallest absolute Gasteiger partial charge is 0.00444 e. The monoisotopic (exact) mass is 147 g/mol. The van der Waals surface area contributed by atoms with Crippen molar-refractivity contribution in [2.45, 2.75) is 20.3 Å². The highest BCUT2D eigenvalue weighted by Crippen LogP contribution is 2.07. The molecule has 0 fully saturated rings. The first kappa shape index (κ1) is 9.31. The molecule has 0 bridgehead atoms. The molecule has 0 rings (SSSR count). The Morgan fingerprint density at radius 1 is 1.44 bits per heavy atom. The lowest BCUT2D eigenvalue weighted by atomic mass is 10.3. The van der Waals surface area contributed by atoms with Gasteiger partial charge in [-0.05, 0) is 30.4 Å². The topological polar surface area (TPSA) is 26.0 Å². The zero-order valence-corrected chi connectivity index (χ0v) is 7.21. The molecule has 0 saturated carbocycles. The maximum Gasteiger partial charge on any atom is -0.00444 e. The van der Waals surface area contributed by atoms with Crippen molar-refractivity contribution < 1.29 is 0 Å². The molecule has 0 atom stereocenters. The minimum absolute atomic E-state index is 0.827. The molecule has 0 aromatic rings. The fourth-order valence-electron chi connectivity index (χ4n) is 0.504. The summed E-state index contributed by atoms with van der Waals surface area (Å²) in [5.74, 6) is 3.34. The van der Waals surface area contributed by atoms with Crippen LogP contribution in [0.3, 0.4) is 0 Å². The summed E-state index contributed by atoms with van der Waals surface area (Å²) in [4.78, 5) is 0. The van der Waals surface area contributed by atoms with Crippen molar-refractivity contribution >= 4 is 11.8 Å². The molecule has 56 valence electrons. The van der Waals surface area contributed by atoms with Gasteiger partial charge >= 0.3 is 0 Å². The van der Waals surface area contributed by atoms with Crippen molar-refractivity contribution in [3.63, 3.8) is 0 Å². The van der Waals surface area contributed by atoms with Gasteiger partial charge < -0.3 is 5.73 Å². The number of hydrogen-bond acceptors (Lipinski definition) is 2. The van der Waals surface area contributed by atoms with E-state index in [1.807, 2.05) is 11.8 Å². The molecule has 0 unspecified atom stereocenters. The van der Waals surface area contributed by atoms with E-state index in [0.717, 1.165) is 18.9 Å². The van der Waals surface area contributed by atoms with E-state index >= 15 is 0 Å². The highest BCUT2D eigenvalue weighted by atomic mass is 32.2. The molecule has 0 saturated heterocycles. The van der Waals surface area contributed by atoms with Crippen LogP contribution in [0.25, 0.3) is 0 Å². The van der Waals surface area contributed by atoms with Crippen molar-refractivity contribution in [1.82, 2.24) is 0 Å². The van der Waals surface area contributed by atoms with E-state index in [0.29, 0.717) is 0 Å². The lowest BCUT2D eigenvalue weighted by Crippen LogP contribution is -2.00. The lowest BCUT2D eigenvalue weighted by molar-refractivity contribution is 0.749. The number of hydrogen-bond donors (Lipinski definition) is 1. The number of thioether (sulfide) groups is 1. The van der Waals surface area contributed by atoms with Gasteiger partial charge in [0.25, 0.3) is 0 Å². The van der Waals surface area contributed by atoms with Gasteiger partial charge in [0.1, 0.15) is 0 Å². The number of rotatable bonds is 5. The molecule has 0 radical (unpaired) electrons. The van der Waals surface area contributed by atoms with Crippen molar-refractivity contribution in [1.29, 1.82) is 0 Å². The highest BCUT2D eigenvalue weighted by Gasteiger charge is 1.92. The van der Waals surface area contributed by atoms with Crippen LogP contribution in [0.5, 0.6) is 0 Å². The normalized spacial score (nSPS) is 10.7.